The van der Waals surface area contributed by atoms with Gasteiger partial charge in [0.05, 0.1) is 5.75 Å². The predicted octanol–water partition coefficient (Wildman–Crippen LogP) is 3.08. The van der Waals surface area contributed by atoms with Gasteiger partial charge < -0.3 is 0 Å². The van der Waals surface area contributed by atoms with Crippen LogP contribution in [0.15, 0.2) is 60.7 Å². The molecular weight excluding hydrogens is 298 g/mol. The molecule has 0 aliphatic heterocycles. The number of Topliss-reactive ketones (excluding diaryl/α,β-unsaturated/α-hetero) is 1. The van der Waals surface area contributed by atoms with Crippen molar-refractivity contribution in [3.63, 3.8) is 0 Å². The van der Waals surface area contributed by atoms with Crippen LogP contribution in [-0.2, 0) is 15.6 Å². The summed E-state index contributed by atoms with van der Waals surface area (Å²) in [6, 6.07) is 14.2. The van der Waals surface area contributed by atoms with E-state index in [9.17, 15) is 22.0 Å². The molecule has 0 saturated carbocycles. The number of sulfone groups is 1. The summed E-state index contributed by atoms with van der Waals surface area (Å²) in [7, 11) is -4.94. The van der Waals surface area contributed by atoms with Gasteiger partial charge in [0.1, 0.15) is 0 Å². The smallest absolute Gasteiger partial charge is 0.286 e. The van der Waals surface area contributed by atoms with Crippen LogP contribution in [0.5, 0.6) is 0 Å². The molecule has 0 N–H and O–H groups in total. The van der Waals surface area contributed by atoms with Crippen molar-refractivity contribution in [2.45, 2.75) is 11.0 Å². The fourth-order valence-electron chi connectivity index (χ4n) is 1.78. The molecule has 0 heterocycles. The third kappa shape index (κ3) is 3.16. The SMILES string of the molecule is O=C(c1ccccc1)C(F)(F)S(=O)(=O)Cc1ccccc1. The lowest BCUT2D eigenvalue weighted by atomic mass is 10.1. The Morgan fingerprint density at radius 2 is 1.38 bits per heavy atom. The van der Waals surface area contributed by atoms with Crippen molar-refractivity contribution in [1.29, 1.82) is 0 Å². The molecule has 2 rings (SSSR count). The zero-order valence-electron chi connectivity index (χ0n) is 10.9. The maximum absolute atomic E-state index is 14.0. The Morgan fingerprint density at radius 1 is 0.905 bits per heavy atom. The Kier molecular flexibility index (Phi) is 4.18. The highest BCUT2D eigenvalue weighted by molar-refractivity contribution is 7.92. The van der Waals surface area contributed by atoms with E-state index in [2.05, 4.69) is 0 Å². The molecule has 0 aromatic heterocycles. The fraction of sp³-hybridized carbons (Fsp3) is 0.133. The molecule has 0 fully saturated rings. The van der Waals surface area contributed by atoms with Gasteiger partial charge in [0.2, 0.25) is 15.6 Å². The Morgan fingerprint density at radius 3 is 1.90 bits per heavy atom. The third-order valence-electron chi connectivity index (χ3n) is 2.89. The largest absolute Gasteiger partial charge is 0.407 e. The van der Waals surface area contributed by atoms with Gasteiger partial charge in [0, 0.05) is 5.56 Å². The van der Waals surface area contributed by atoms with Crippen molar-refractivity contribution in [1.82, 2.24) is 0 Å². The van der Waals surface area contributed by atoms with Crippen molar-refractivity contribution < 1.29 is 22.0 Å². The number of carbonyl (C=O) groups excluding carboxylic acids is 1. The average Bonchev–Trinajstić information content (AvgIpc) is 2.47. The Bertz CT molecular complexity index is 726. The van der Waals surface area contributed by atoms with E-state index >= 15 is 0 Å². The van der Waals surface area contributed by atoms with E-state index in [0.717, 1.165) is 12.1 Å². The van der Waals surface area contributed by atoms with Gasteiger partial charge >= 0.3 is 5.25 Å². The minimum absolute atomic E-state index is 0.207. The molecule has 0 saturated heterocycles. The molecule has 0 bridgehead atoms. The molecule has 3 nitrogen and oxygen atoms in total. The van der Waals surface area contributed by atoms with Gasteiger partial charge in [0.15, 0.2) is 0 Å². The molecule has 2 aromatic carbocycles. The van der Waals surface area contributed by atoms with Gasteiger partial charge in [-0.05, 0) is 5.56 Å². The minimum Gasteiger partial charge on any atom is -0.286 e. The van der Waals surface area contributed by atoms with Crippen LogP contribution in [0.1, 0.15) is 15.9 Å². The lowest BCUT2D eigenvalue weighted by Crippen LogP contribution is -2.38. The van der Waals surface area contributed by atoms with Crippen molar-refractivity contribution in [2.75, 3.05) is 0 Å². The maximum Gasteiger partial charge on any atom is 0.407 e. The van der Waals surface area contributed by atoms with Crippen LogP contribution in [0.25, 0.3) is 0 Å². The molecule has 21 heavy (non-hydrogen) atoms. The summed E-state index contributed by atoms with van der Waals surface area (Å²) in [4.78, 5) is 11.8. The first kappa shape index (κ1) is 15.3. The topological polar surface area (TPSA) is 51.2 Å². The van der Waals surface area contributed by atoms with Crippen molar-refractivity contribution in [2.24, 2.45) is 0 Å². The monoisotopic (exact) mass is 310 g/mol. The molecule has 2 aromatic rings. The second-order valence-electron chi connectivity index (χ2n) is 4.46. The van der Waals surface area contributed by atoms with Crippen molar-refractivity contribution >= 4 is 15.6 Å². The normalized spacial score (nSPS) is 12.1. The van der Waals surface area contributed by atoms with E-state index in [1.54, 1.807) is 24.3 Å². The fourth-order valence-corrected chi connectivity index (χ4v) is 3.00. The van der Waals surface area contributed by atoms with E-state index in [1.165, 1.54) is 24.3 Å². The molecule has 0 spiro atoms. The third-order valence-corrected chi connectivity index (χ3v) is 4.57. The number of alkyl halides is 2. The number of ketones is 1. The second-order valence-corrected chi connectivity index (χ2v) is 6.49. The number of rotatable bonds is 5. The first-order valence-corrected chi connectivity index (χ1v) is 7.74. The number of benzene rings is 2. The van der Waals surface area contributed by atoms with E-state index in [0.29, 0.717) is 0 Å². The van der Waals surface area contributed by atoms with Crippen LogP contribution in [0.4, 0.5) is 8.78 Å². The van der Waals surface area contributed by atoms with Gasteiger partial charge in [0.25, 0.3) is 0 Å². The number of halogens is 2. The molecule has 110 valence electrons. The summed E-state index contributed by atoms with van der Waals surface area (Å²) in [5.41, 5.74) is -0.128. The number of carbonyl (C=O) groups is 1. The van der Waals surface area contributed by atoms with Crippen LogP contribution >= 0.6 is 0 Å². The second kappa shape index (κ2) is 5.73. The van der Waals surface area contributed by atoms with E-state index in [4.69, 9.17) is 0 Å². The van der Waals surface area contributed by atoms with Gasteiger partial charge in [-0.1, -0.05) is 60.7 Å². The lowest BCUT2D eigenvalue weighted by molar-refractivity contribution is 0.0526. The average molecular weight is 310 g/mol. The van der Waals surface area contributed by atoms with Crippen LogP contribution in [0, 0.1) is 0 Å². The standard InChI is InChI=1S/C15H12F2O3S/c16-15(17,14(18)13-9-5-2-6-10-13)21(19,20)11-12-7-3-1-4-8-12/h1-10H,11H2. The minimum atomic E-state index is -4.94. The molecule has 0 atom stereocenters. The maximum atomic E-state index is 14.0. The quantitative estimate of drug-likeness (QED) is 0.798. The van der Waals surface area contributed by atoms with Gasteiger partial charge in [-0.15, -0.1) is 0 Å². The highest BCUT2D eigenvalue weighted by Crippen LogP contribution is 2.29. The molecular formula is C15H12F2O3S. The van der Waals surface area contributed by atoms with Crippen LogP contribution < -0.4 is 0 Å². The molecule has 6 heteroatoms. The van der Waals surface area contributed by atoms with Crippen LogP contribution in [0.3, 0.4) is 0 Å². The van der Waals surface area contributed by atoms with Gasteiger partial charge in [-0.3, -0.25) is 4.79 Å². The summed E-state index contributed by atoms with van der Waals surface area (Å²) >= 11 is 0. The summed E-state index contributed by atoms with van der Waals surface area (Å²) in [5, 5.41) is -4.45. The summed E-state index contributed by atoms with van der Waals surface area (Å²) in [6.45, 7) is 0. The molecule has 0 amide bonds. The molecule has 0 radical (unpaired) electrons. The Hall–Kier alpha value is -2.08. The molecule has 0 aliphatic carbocycles. The lowest BCUT2D eigenvalue weighted by Gasteiger charge is -2.15. The molecule has 0 aliphatic rings. The first-order chi connectivity index (χ1) is 9.84. The van der Waals surface area contributed by atoms with Gasteiger partial charge in [-0.2, -0.15) is 8.78 Å². The highest BCUT2D eigenvalue weighted by Gasteiger charge is 2.52. The highest BCUT2D eigenvalue weighted by atomic mass is 32.2. The summed E-state index contributed by atoms with van der Waals surface area (Å²) in [5.74, 6) is -2.60. The Balaban J connectivity index is 2.32. The predicted molar refractivity (Wildman–Crippen MR) is 74.8 cm³/mol. The summed E-state index contributed by atoms with van der Waals surface area (Å²) in [6.07, 6.45) is 0. The van der Waals surface area contributed by atoms with Crippen LogP contribution in [-0.4, -0.2) is 19.5 Å². The number of hydrogen-bond donors (Lipinski definition) is 0. The van der Waals surface area contributed by atoms with E-state index < -0.39 is 26.6 Å². The number of hydrogen-bond acceptors (Lipinski definition) is 3. The first-order valence-electron chi connectivity index (χ1n) is 6.08. The van der Waals surface area contributed by atoms with Crippen LogP contribution in [0.2, 0.25) is 0 Å². The zero-order chi connectivity index (χ0) is 15.5. The van der Waals surface area contributed by atoms with E-state index in [-0.39, 0.29) is 11.1 Å². The van der Waals surface area contributed by atoms with E-state index in [1.807, 2.05) is 0 Å². The van der Waals surface area contributed by atoms with Crippen molar-refractivity contribution in [3.05, 3.63) is 71.8 Å². The Labute approximate surface area is 121 Å². The summed E-state index contributed by atoms with van der Waals surface area (Å²) < 4.78 is 51.8. The van der Waals surface area contributed by atoms with Crippen molar-refractivity contribution in [3.8, 4) is 0 Å². The molecule has 0 unspecified atom stereocenters. The zero-order valence-corrected chi connectivity index (χ0v) is 11.7. The van der Waals surface area contributed by atoms with Gasteiger partial charge in [-0.25, -0.2) is 8.42 Å².